The molecule has 0 unspecified atom stereocenters. The van der Waals surface area contributed by atoms with Gasteiger partial charge in [0.25, 0.3) is 5.91 Å². The number of thiocarbonyl (C=S) groups is 1. The molecular formula is C18H18ClN3OS. The molecule has 1 heterocycles. The van der Waals surface area contributed by atoms with Gasteiger partial charge in [-0.3, -0.25) is 10.1 Å². The number of anilines is 1. The minimum absolute atomic E-state index is 0.229. The van der Waals surface area contributed by atoms with Crippen LogP contribution in [-0.2, 0) is 0 Å². The highest BCUT2D eigenvalue weighted by Gasteiger charge is 2.20. The van der Waals surface area contributed by atoms with E-state index in [4.69, 9.17) is 23.8 Å². The maximum absolute atomic E-state index is 12.2. The molecule has 1 fully saturated rings. The smallest absolute Gasteiger partial charge is 0.257 e. The molecule has 0 bridgehead atoms. The molecule has 2 aromatic rings. The third kappa shape index (κ3) is 4.04. The molecule has 1 N–H and O–H groups in total. The zero-order chi connectivity index (χ0) is 16.9. The van der Waals surface area contributed by atoms with E-state index in [1.165, 1.54) is 5.69 Å². The normalized spacial score (nSPS) is 14.4. The van der Waals surface area contributed by atoms with Crippen molar-refractivity contribution < 1.29 is 4.79 Å². The van der Waals surface area contributed by atoms with Gasteiger partial charge >= 0.3 is 0 Å². The van der Waals surface area contributed by atoms with Crippen LogP contribution >= 0.6 is 23.8 Å². The number of amides is 1. The number of benzene rings is 2. The average Bonchev–Trinajstić information content (AvgIpc) is 2.62. The molecule has 1 aliphatic heterocycles. The molecule has 1 amide bonds. The number of hydrogen-bond donors (Lipinski definition) is 1. The monoisotopic (exact) mass is 359 g/mol. The predicted molar refractivity (Wildman–Crippen MR) is 102 cm³/mol. The van der Waals surface area contributed by atoms with Crippen LogP contribution in [0.4, 0.5) is 5.69 Å². The molecule has 3 rings (SSSR count). The van der Waals surface area contributed by atoms with Gasteiger partial charge in [0.2, 0.25) is 0 Å². The Bertz CT molecular complexity index is 730. The van der Waals surface area contributed by atoms with E-state index in [1.54, 1.807) is 24.3 Å². The number of halogens is 1. The van der Waals surface area contributed by atoms with Crippen molar-refractivity contribution in [1.29, 1.82) is 0 Å². The second kappa shape index (κ2) is 7.64. The maximum atomic E-state index is 12.2. The number of para-hydroxylation sites is 1. The van der Waals surface area contributed by atoms with E-state index in [-0.39, 0.29) is 5.91 Å². The fourth-order valence-corrected chi connectivity index (χ4v) is 3.15. The topological polar surface area (TPSA) is 35.6 Å². The van der Waals surface area contributed by atoms with Gasteiger partial charge in [-0.05, 0) is 42.5 Å². The molecule has 0 aromatic heterocycles. The molecule has 0 radical (unpaired) electrons. The van der Waals surface area contributed by atoms with Crippen LogP contribution in [0, 0.1) is 0 Å². The van der Waals surface area contributed by atoms with Crippen LogP contribution in [0.2, 0.25) is 5.02 Å². The summed E-state index contributed by atoms with van der Waals surface area (Å²) < 4.78 is 0. The molecular weight excluding hydrogens is 342 g/mol. The van der Waals surface area contributed by atoms with Crippen LogP contribution in [0.5, 0.6) is 0 Å². The summed E-state index contributed by atoms with van der Waals surface area (Å²) in [4.78, 5) is 16.6. The third-order valence-electron chi connectivity index (χ3n) is 4.00. The average molecular weight is 360 g/mol. The lowest BCUT2D eigenvalue weighted by Crippen LogP contribution is -2.52. The number of carbonyl (C=O) groups is 1. The Balaban J connectivity index is 1.55. The lowest BCUT2D eigenvalue weighted by Gasteiger charge is -2.37. The Morgan fingerprint density at radius 1 is 1.00 bits per heavy atom. The van der Waals surface area contributed by atoms with Crippen molar-refractivity contribution in [3.63, 3.8) is 0 Å². The zero-order valence-corrected chi connectivity index (χ0v) is 14.7. The molecule has 1 aliphatic rings. The van der Waals surface area contributed by atoms with Gasteiger partial charge in [-0.25, -0.2) is 0 Å². The van der Waals surface area contributed by atoms with E-state index in [0.717, 1.165) is 26.2 Å². The van der Waals surface area contributed by atoms with E-state index >= 15 is 0 Å². The van der Waals surface area contributed by atoms with Crippen molar-refractivity contribution in [2.75, 3.05) is 31.1 Å². The van der Waals surface area contributed by atoms with Gasteiger partial charge < -0.3 is 9.80 Å². The molecule has 0 atom stereocenters. The van der Waals surface area contributed by atoms with Crippen molar-refractivity contribution in [3.05, 3.63) is 65.2 Å². The first-order valence-corrected chi connectivity index (χ1v) is 8.58. The van der Waals surface area contributed by atoms with Crippen LogP contribution in [0.15, 0.2) is 54.6 Å². The molecule has 0 aliphatic carbocycles. The Morgan fingerprint density at radius 2 is 1.71 bits per heavy atom. The minimum Gasteiger partial charge on any atom is -0.368 e. The molecule has 24 heavy (non-hydrogen) atoms. The second-order valence-corrected chi connectivity index (χ2v) is 6.40. The van der Waals surface area contributed by atoms with Crippen molar-refractivity contribution >= 4 is 40.5 Å². The lowest BCUT2D eigenvalue weighted by molar-refractivity contribution is 0.0973. The Labute approximate surface area is 152 Å². The van der Waals surface area contributed by atoms with Crippen LogP contribution in [0.1, 0.15) is 10.4 Å². The fraction of sp³-hybridized carbons (Fsp3) is 0.222. The van der Waals surface area contributed by atoms with E-state index in [9.17, 15) is 4.79 Å². The van der Waals surface area contributed by atoms with Crippen molar-refractivity contribution in [2.45, 2.75) is 0 Å². The van der Waals surface area contributed by atoms with E-state index < -0.39 is 0 Å². The summed E-state index contributed by atoms with van der Waals surface area (Å²) in [5.41, 5.74) is 1.72. The summed E-state index contributed by atoms with van der Waals surface area (Å²) in [6.07, 6.45) is 0. The van der Waals surface area contributed by atoms with Gasteiger partial charge in [0.05, 0.1) is 0 Å². The lowest BCUT2D eigenvalue weighted by atomic mass is 10.2. The summed E-state index contributed by atoms with van der Waals surface area (Å²) in [6.45, 7) is 3.31. The number of nitrogens with one attached hydrogen (secondary N) is 1. The molecule has 124 valence electrons. The summed E-state index contributed by atoms with van der Waals surface area (Å²) in [5.74, 6) is -0.229. The number of rotatable bonds is 2. The molecule has 4 nitrogen and oxygen atoms in total. The quantitative estimate of drug-likeness (QED) is 0.835. The summed E-state index contributed by atoms with van der Waals surface area (Å²) >= 11 is 11.3. The highest BCUT2D eigenvalue weighted by atomic mass is 35.5. The van der Waals surface area contributed by atoms with Crippen molar-refractivity contribution in [2.24, 2.45) is 0 Å². The Morgan fingerprint density at radius 3 is 2.38 bits per heavy atom. The van der Waals surface area contributed by atoms with Gasteiger partial charge in [0.1, 0.15) is 0 Å². The summed E-state index contributed by atoms with van der Waals surface area (Å²) in [6, 6.07) is 17.1. The van der Waals surface area contributed by atoms with Crippen molar-refractivity contribution in [3.8, 4) is 0 Å². The molecule has 0 spiro atoms. The first kappa shape index (κ1) is 16.7. The van der Waals surface area contributed by atoms with E-state index in [1.807, 2.05) is 23.1 Å². The van der Waals surface area contributed by atoms with E-state index in [2.05, 4.69) is 22.3 Å². The number of nitrogens with zero attached hydrogens (tertiary/aromatic N) is 2. The van der Waals surface area contributed by atoms with Gasteiger partial charge in [-0.15, -0.1) is 0 Å². The standard InChI is InChI=1S/C18H18ClN3OS/c19-15-6-4-5-14(13-15)17(23)20-18(24)22-11-9-21(10-12-22)16-7-2-1-3-8-16/h1-8,13H,9-12H2,(H,20,23,24). The zero-order valence-electron chi connectivity index (χ0n) is 13.1. The minimum atomic E-state index is -0.229. The number of carbonyl (C=O) groups excluding carboxylic acids is 1. The molecule has 2 aromatic carbocycles. The van der Waals surface area contributed by atoms with Gasteiger partial charge in [-0.2, -0.15) is 0 Å². The first-order valence-electron chi connectivity index (χ1n) is 7.79. The fourth-order valence-electron chi connectivity index (χ4n) is 2.68. The van der Waals surface area contributed by atoms with Gasteiger partial charge in [-0.1, -0.05) is 35.9 Å². The van der Waals surface area contributed by atoms with Crippen LogP contribution in [0.25, 0.3) is 0 Å². The van der Waals surface area contributed by atoms with Gasteiger partial charge in [0.15, 0.2) is 5.11 Å². The Kier molecular flexibility index (Phi) is 5.33. The third-order valence-corrected chi connectivity index (χ3v) is 4.59. The molecule has 6 heteroatoms. The van der Waals surface area contributed by atoms with Crippen molar-refractivity contribution in [1.82, 2.24) is 10.2 Å². The number of hydrogen-bond acceptors (Lipinski definition) is 3. The SMILES string of the molecule is O=C(NC(=S)N1CCN(c2ccccc2)CC1)c1cccc(Cl)c1. The molecule has 0 saturated carbocycles. The summed E-state index contributed by atoms with van der Waals surface area (Å²) in [5, 5.41) is 3.79. The van der Waals surface area contributed by atoms with Crippen LogP contribution in [0.3, 0.4) is 0 Å². The highest BCUT2D eigenvalue weighted by molar-refractivity contribution is 7.80. The Hall–Kier alpha value is -2.11. The van der Waals surface area contributed by atoms with Gasteiger partial charge in [0, 0.05) is 42.5 Å². The highest BCUT2D eigenvalue weighted by Crippen LogP contribution is 2.16. The van der Waals surface area contributed by atoms with E-state index in [0.29, 0.717) is 15.7 Å². The molecule has 1 saturated heterocycles. The van der Waals surface area contributed by atoms with Crippen LogP contribution < -0.4 is 10.2 Å². The largest absolute Gasteiger partial charge is 0.368 e. The summed E-state index contributed by atoms with van der Waals surface area (Å²) in [7, 11) is 0. The predicted octanol–water partition coefficient (Wildman–Crippen LogP) is 3.18. The first-order chi connectivity index (χ1) is 11.6. The van der Waals surface area contributed by atoms with Crippen LogP contribution in [-0.4, -0.2) is 42.1 Å². The second-order valence-electron chi connectivity index (χ2n) is 5.58. The number of piperazine rings is 1. The maximum Gasteiger partial charge on any atom is 0.257 e.